The molecule has 0 aliphatic rings. The Morgan fingerprint density at radius 2 is 1.80 bits per heavy atom. The fraction of sp³-hybridized carbons (Fsp3) is 0.818. The first-order chi connectivity index (χ1) is 6.76. The van der Waals surface area contributed by atoms with E-state index in [-0.39, 0.29) is 17.7 Å². The van der Waals surface area contributed by atoms with Crippen molar-refractivity contribution in [3.63, 3.8) is 0 Å². The fourth-order valence-electron chi connectivity index (χ4n) is 1.27. The predicted molar refractivity (Wildman–Crippen MR) is 58.3 cm³/mol. The van der Waals surface area contributed by atoms with E-state index >= 15 is 0 Å². The summed E-state index contributed by atoms with van der Waals surface area (Å²) < 4.78 is 4.71. The molecule has 0 fully saturated rings. The Hall–Kier alpha value is -1.06. The molecule has 0 radical (unpaired) electrons. The summed E-state index contributed by atoms with van der Waals surface area (Å²) in [7, 11) is 1.70. The number of hydrogen-bond donors (Lipinski definition) is 0. The first-order valence-electron chi connectivity index (χ1n) is 5.16. The third kappa shape index (κ3) is 6.94. The minimum Gasteiger partial charge on any atom is -0.466 e. The molecule has 0 saturated carbocycles. The number of hydrogen-bond acceptors (Lipinski definition) is 3. The molecule has 0 aromatic carbocycles. The van der Waals surface area contributed by atoms with Crippen molar-refractivity contribution in [2.24, 2.45) is 5.41 Å². The van der Waals surface area contributed by atoms with Crippen LogP contribution >= 0.6 is 0 Å². The molecule has 0 atom stereocenters. The molecule has 0 spiro atoms. The average Bonchev–Trinajstić information content (AvgIpc) is 2.00. The smallest absolute Gasteiger partial charge is 0.315 e. The van der Waals surface area contributed by atoms with Gasteiger partial charge in [0.05, 0.1) is 6.61 Å². The van der Waals surface area contributed by atoms with Gasteiger partial charge in [-0.2, -0.15) is 0 Å². The molecule has 0 bridgehead atoms. The fourth-order valence-corrected chi connectivity index (χ4v) is 1.27. The zero-order chi connectivity index (χ0) is 12.1. The van der Waals surface area contributed by atoms with E-state index in [4.69, 9.17) is 4.74 Å². The minimum absolute atomic E-state index is 0.0407. The lowest BCUT2D eigenvalue weighted by Crippen LogP contribution is -2.35. The molecule has 0 aliphatic heterocycles. The lowest BCUT2D eigenvalue weighted by Gasteiger charge is -2.26. The van der Waals surface area contributed by atoms with Crippen molar-refractivity contribution in [1.82, 2.24) is 4.90 Å². The summed E-state index contributed by atoms with van der Waals surface area (Å²) in [6.45, 7) is 8.80. The van der Waals surface area contributed by atoms with Crippen molar-refractivity contribution in [2.45, 2.75) is 34.1 Å². The maximum atomic E-state index is 11.5. The highest BCUT2D eigenvalue weighted by Crippen LogP contribution is 2.14. The predicted octanol–water partition coefficient (Wildman–Crippen LogP) is 1.44. The van der Waals surface area contributed by atoms with E-state index in [1.807, 2.05) is 20.8 Å². The maximum Gasteiger partial charge on any atom is 0.315 e. The summed E-state index contributed by atoms with van der Waals surface area (Å²) >= 11 is 0. The number of amides is 1. The molecule has 1 amide bonds. The maximum absolute atomic E-state index is 11.5. The molecule has 15 heavy (non-hydrogen) atoms. The van der Waals surface area contributed by atoms with E-state index in [0.717, 1.165) is 0 Å². The van der Waals surface area contributed by atoms with Gasteiger partial charge < -0.3 is 9.64 Å². The molecule has 0 aromatic heterocycles. The van der Waals surface area contributed by atoms with Crippen molar-refractivity contribution in [1.29, 1.82) is 0 Å². The van der Waals surface area contributed by atoms with Gasteiger partial charge >= 0.3 is 5.97 Å². The summed E-state index contributed by atoms with van der Waals surface area (Å²) in [5.41, 5.74) is 0.0407. The Kier molecular flexibility index (Phi) is 5.33. The van der Waals surface area contributed by atoms with Crippen molar-refractivity contribution in [3.8, 4) is 0 Å². The number of ether oxygens (including phenoxy) is 1. The van der Waals surface area contributed by atoms with Gasteiger partial charge in [-0.3, -0.25) is 9.59 Å². The lowest BCUT2D eigenvalue weighted by atomic mass is 9.96. The second-order valence-electron chi connectivity index (χ2n) is 4.79. The van der Waals surface area contributed by atoms with Crippen LogP contribution in [0.3, 0.4) is 0 Å². The van der Waals surface area contributed by atoms with Gasteiger partial charge in [-0.15, -0.1) is 0 Å². The SMILES string of the molecule is CCOC(=O)CC(=O)N(C)CC(C)(C)C. The van der Waals surface area contributed by atoms with Gasteiger partial charge in [-0.25, -0.2) is 0 Å². The molecule has 0 saturated heterocycles. The largest absolute Gasteiger partial charge is 0.466 e. The number of carbonyl (C=O) groups excluding carboxylic acids is 2. The third-order valence-electron chi connectivity index (χ3n) is 1.74. The second-order valence-corrected chi connectivity index (χ2v) is 4.79. The summed E-state index contributed by atoms with van der Waals surface area (Å²) in [6.07, 6.45) is -0.166. The molecule has 0 aliphatic carbocycles. The summed E-state index contributed by atoms with van der Waals surface area (Å²) in [4.78, 5) is 24.2. The van der Waals surface area contributed by atoms with E-state index in [0.29, 0.717) is 13.2 Å². The Balaban J connectivity index is 4.05. The molecule has 4 heteroatoms. The average molecular weight is 215 g/mol. The van der Waals surface area contributed by atoms with Crippen LogP contribution in [-0.2, 0) is 14.3 Å². The van der Waals surface area contributed by atoms with E-state index in [1.54, 1.807) is 18.9 Å². The minimum atomic E-state index is -0.455. The van der Waals surface area contributed by atoms with Crippen LogP contribution in [0.15, 0.2) is 0 Å². The van der Waals surface area contributed by atoms with Crippen molar-refractivity contribution in [3.05, 3.63) is 0 Å². The zero-order valence-corrected chi connectivity index (χ0v) is 10.3. The van der Waals surface area contributed by atoms with Gasteiger partial charge in [0.1, 0.15) is 6.42 Å². The highest BCUT2D eigenvalue weighted by atomic mass is 16.5. The van der Waals surface area contributed by atoms with E-state index in [2.05, 4.69) is 0 Å². The van der Waals surface area contributed by atoms with Crippen LogP contribution in [0.2, 0.25) is 0 Å². The first kappa shape index (κ1) is 13.9. The van der Waals surface area contributed by atoms with Gasteiger partial charge in [-0.05, 0) is 12.3 Å². The number of rotatable bonds is 4. The van der Waals surface area contributed by atoms with Crippen LogP contribution in [0.5, 0.6) is 0 Å². The molecule has 88 valence electrons. The highest BCUT2D eigenvalue weighted by Gasteiger charge is 2.19. The lowest BCUT2D eigenvalue weighted by molar-refractivity contribution is -0.148. The molecular formula is C11H21NO3. The highest BCUT2D eigenvalue weighted by molar-refractivity contribution is 5.94. The summed E-state index contributed by atoms with van der Waals surface area (Å²) in [5.74, 6) is -0.647. The Morgan fingerprint density at radius 1 is 1.27 bits per heavy atom. The Morgan fingerprint density at radius 3 is 2.20 bits per heavy atom. The van der Waals surface area contributed by atoms with Crippen LogP contribution < -0.4 is 0 Å². The van der Waals surface area contributed by atoms with Crippen molar-refractivity contribution < 1.29 is 14.3 Å². The molecule has 0 rings (SSSR count). The number of carbonyl (C=O) groups is 2. The van der Waals surface area contributed by atoms with Crippen molar-refractivity contribution in [2.75, 3.05) is 20.2 Å². The monoisotopic (exact) mass is 215 g/mol. The standard InChI is InChI=1S/C11H21NO3/c1-6-15-10(14)7-9(13)12(5)8-11(2,3)4/h6-8H2,1-5H3. The van der Waals surface area contributed by atoms with Crippen LogP contribution in [0, 0.1) is 5.41 Å². The topological polar surface area (TPSA) is 46.6 Å². The van der Waals surface area contributed by atoms with Crippen LogP contribution in [-0.4, -0.2) is 37.0 Å². The van der Waals surface area contributed by atoms with E-state index in [9.17, 15) is 9.59 Å². The van der Waals surface area contributed by atoms with Gasteiger partial charge in [-0.1, -0.05) is 20.8 Å². The Bertz CT molecular complexity index is 230. The quantitative estimate of drug-likeness (QED) is 0.526. The third-order valence-corrected chi connectivity index (χ3v) is 1.74. The molecule has 0 aromatic rings. The van der Waals surface area contributed by atoms with Crippen molar-refractivity contribution >= 4 is 11.9 Å². The number of nitrogens with zero attached hydrogens (tertiary/aromatic N) is 1. The molecule has 4 nitrogen and oxygen atoms in total. The van der Waals surface area contributed by atoms with Gasteiger partial charge in [0.15, 0.2) is 0 Å². The zero-order valence-electron chi connectivity index (χ0n) is 10.3. The van der Waals surface area contributed by atoms with Gasteiger partial charge in [0.2, 0.25) is 5.91 Å². The molecule has 0 N–H and O–H groups in total. The van der Waals surface area contributed by atoms with E-state index in [1.165, 1.54) is 0 Å². The first-order valence-corrected chi connectivity index (χ1v) is 5.16. The van der Waals surface area contributed by atoms with Crippen LogP contribution in [0.25, 0.3) is 0 Å². The molecule has 0 unspecified atom stereocenters. The second kappa shape index (κ2) is 5.73. The molecular weight excluding hydrogens is 194 g/mol. The number of esters is 1. The van der Waals surface area contributed by atoms with Crippen LogP contribution in [0.4, 0.5) is 0 Å². The van der Waals surface area contributed by atoms with E-state index < -0.39 is 5.97 Å². The summed E-state index contributed by atoms with van der Waals surface area (Å²) in [6, 6.07) is 0. The normalized spacial score (nSPS) is 11.0. The van der Waals surface area contributed by atoms with Gasteiger partial charge in [0.25, 0.3) is 0 Å². The van der Waals surface area contributed by atoms with Crippen LogP contribution in [0.1, 0.15) is 34.1 Å². The van der Waals surface area contributed by atoms with Gasteiger partial charge in [0, 0.05) is 13.6 Å². The summed E-state index contributed by atoms with van der Waals surface area (Å²) in [5, 5.41) is 0. The Labute approximate surface area is 91.6 Å². The molecule has 0 heterocycles.